The molecule has 0 atom stereocenters. The van der Waals surface area contributed by atoms with Crippen LogP contribution in [0.15, 0.2) is 89.2 Å². The molecule has 9 nitrogen and oxygen atoms in total. The van der Waals surface area contributed by atoms with Crippen LogP contribution in [0.5, 0.6) is 5.88 Å². The van der Waals surface area contributed by atoms with Gasteiger partial charge in [-0.05, 0) is 67.0 Å². The van der Waals surface area contributed by atoms with Crippen LogP contribution in [0.4, 0.5) is 26.9 Å². The number of carbonyl (C=O) groups excluding carboxylic acids is 2. The van der Waals surface area contributed by atoms with Crippen LogP contribution in [0.25, 0.3) is 10.9 Å². The number of carbonyl (C=O) groups is 2. The fourth-order valence-corrected chi connectivity index (χ4v) is 5.57. The Bertz CT molecular complexity index is 1750. The Morgan fingerprint density at radius 3 is 2.48 bits per heavy atom. The van der Waals surface area contributed by atoms with Gasteiger partial charge in [-0.2, -0.15) is 0 Å². The maximum absolute atomic E-state index is 13.3. The summed E-state index contributed by atoms with van der Waals surface area (Å²) in [5.74, 6) is -0.223. The number of H-pyrrole nitrogens is 1. The molecule has 1 fully saturated rings. The molecule has 3 heterocycles. The number of urea groups is 1. The highest BCUT2D eigenvalue weighted by Crippen LogP contribution is 2.29. The Morgan fingerprint density at radius 2 is 1.71 bits per heavy atom. The molecule has 212 valence electrons. The first-order valence-corrected chi connectivity index (χ1v) is 14.5. The van der Waals surface area contributed by atoms with Crippen molar-refractivity contribution in [1.82, 2.24) is 9.88 Å². The van der Waals surface area contributed by atoms with E-state index in [1.165, 1.54) is 17.0 Å². The van der Waals surface area contributed by atoms with E-state index in [0.29, 0.717) is 27.9 Å². The molecule has 1 aliphatic rings. The summed E-state index contributed by atoms with van der Waals surface area (Å²) in [6.45, 7) is 4.10. The molecule has 1 saturated heterocycles. The SMILES string of the molecule is CN1CCN(c2ccc(N=Cc3c(O)[nH]c4cc(C(=O)c5cccc(NC(=O)Nc6cccs6)c5)ccc34)cc2)CC1. The predicted octanol–water partition coefficient (Wildman–Crippen LogP) is 6.31. The molecule has 0 radical (unpaired) electrons. The van der Waals surface area contributed by atoms with Gasteiger partial charge < -0.3 is 25.2 Å². The highest BCUT2D eigenvalue weighted by atomic mass is 32.1. The van der Waals surface area contributed by atoms with Crippen molar-refractivity contribution in [2.75, 3.05) is 48.8 Å². The molecule has 0 bridgehead atoms. The summed E-state index contributed by atoms with van der Waals surface area (Å²) < 4.78 is 0. The molecule has 6 rings (SSSR count). The zero-order valence-electron chi connectivity index (χ0n) is 23.0. The number of amides is 2. The number of ketones is 1. The summed E-state index contributed by atoms with van der Waals surface area (Å²) in [7, 11) is 2.14. The second-order valence-corrected chi connectivity index (χ2v) is 11.1. The topological polar surface area (TPSA) is 113 Å². The van der Waals surface area contributed by atoms with E-state index in [9.17, 15) is 14.7 Å². The highest BCUT2D eigenvalue weighted by Gasteiger charge is 2.16. The third-order valence-electron chi connectivity index (χ3n) is 7.28. The van der Waals surface area contributed by atoms with E-state index >= 15 is 0 Å². The van der Waals surface area contributed by atoms with E-state index in [2.05, 4.69) is 49.6 Å². The van der Waals surface area contributed by atoms with Crippen molar-refractivity contribution in [3.63, 3.8) is 0 Å². The Balaban J connectivity index is 1.15. The van der Waals surface area contributed by atoms with Crippen LogP contribution in [-0.2, 0) is 0 Å². The van der Waals surface area contributed by atoms with Gasteiger partial charge in [-0.15, -0.1) is 11.3 Å². The van der Waals surface area contributed by atoms with E-state index in [1.54, 1.807) is 48.7 Å². The van der Waals surface area contributed by atoms with Crippen molar-refractivity contribution in [3.8, 4) is 5.88 Å². The zero-order chi connectivity index (χ0) is 29.1. The number of nitrogens with zero attached hydrogens (tertiary/aromatic N) is 3. The molecule has 0 saturated carbocycles. The molecular formula is C32H30N6O3S. The maximum atomic E-state index is 13.3. The normalized spacial score (nSPS) is 14.0. The molecule has 2 amide bonds. The summed E-state index contributed by atoms with van der Waals surface area (Å²) in [5.41, 5.74) is 4.52. The first-order chi connectivity index (χ1) is 20.4. The van der Waals surface area contributed by atoms with E-state index in [0.717, 1.165) is 42.3 Å². The van der Waals surface area contributed by atoms with Crippen molar-refractivity contribution in [3.05, 3.63) is 101 Å². The maximum Gasteiger partial charge on any atom is 0.324 e. The summed E-state index contributed by atoms with van der Waals surface area (Å²) in [6, 6.07) is 23.4. The number of aliphatic imine (C=N–C) groups is 1. The van der Waals surface area contributed by atoms with E-state index in [-0.39, 0.29) is 17.7 Å². The number of anilines is 3. The lowest BCUT2D eigenvalue weighted by Gasteiger charge is -2.34. The third-order valence-corrected chi connectivity index (χ3v) is 8.07. The minimum atomic E-state index is -0.384. The minimum Gasteiger partial charge on any atom is -0.494 e. The van der Waals surface area contributed by atoms with Crippen molar-refractivity contribution in [2.45, 2.75) is 0 Å². The number of piperazine rings is 1. The van der Waals surface area contributed by atoms with Gasteiger partial charge in [0.05, 0.1) is 16.3 Å². The molecule has 3 aromatic carbocycles. The van der Waals surface area contributed by atoms with Crippen molar-refractivity contribution >= 4 is 62.3 Å². The lowest BCUT2D eigenvalue weighted by molar-refractivity contribution is 0.103. The molecule has 42 heavy (non-hydrogen) atoms. The molecule has 0 spiro atoms. The lowest BCUT2D eigenvalue weighted by atomic mass is 10.0. The summed E-state index contributed by atoms with van der Waals surface area (Å²) in [4.78, 5) is 37.9. The lowest BCUT2D eigenvalue weighted by Crippen LogP contribution is -2.44. The molecule has 4 N–H and O–H groups in total. The monoisotopic (exact) mass is 578 g/mol. The summed E-state index contributed by atoms with van der Waals surface area (Å²) >= 11 is 1.42. The number of rotatable bonds is 7. The summed E-state index contributed by atoms with van der Waals surface area (Å²) in [6.07, 6.45) is 1.64. The molecule has 0 aliphatic carbocycles. The second kappa shape index (κ2) is 11.9. The van der Waals surface area contributed by atoms with E-state index < -0.39 is 0 Å². The first-order valence-electron chi connectivity index (χ1n) is 13.6. The number of aromatic amines is 1. The number of nitrogens with one attached hydrogen (secondary N) is 3. The smallest absolute Gasteiger partial charge is 0.324 e. The Labute approximate surface area is 247 Å². The Morgan fingerprint density at radius 1 is 0.929 bits per heavy atom. The van der Waals surface area contributed by atoms with Gasteiger partial charge in [-0.3, -0.25) is 15.1 Å². The van der Waals surface area contributed by atoms with Crippen LogP contribution in [0.1, 0.15) is 21.5 Å². The van der Waals surface area contributed by atoms with Gasteiger partial charge >= 0.3 is 6.03 Å². The Hall–Kier alpha value is -4.93. The summed E-state index contributed by atoms with van der Waals surface area (Å²) in [5, 5.41) is 19.5. The number of fused-ring (bicyclic) bond motifs is 1. The molecule has 10 heteroatoms. The average molecular weight is 579 g/mol. The van der Waals surface area contributed by atoms with Gasteiger partial charge in [0.25, 0.3) is 0 Å². The van der Waals surface area contributed by atoms with Gasteiger partial charge in [-0.25, -0.2) is 4.79 Å². The number of benzene rings is 3. The first kappa shape index (κ1) is 27.3. The number of hydrogen-bond acceptors (Lipinski definition) is 7. The van der Waals surface area contributed by atoms with Gasteiger partial charge in [0, 0.05) is 65.8 Å². The number of thiophene rings is 1. The van der Waals surface area contributed by atoms with Crippen molar-refractivity contribution in [1.29, 1.82) is 0 Å². The predicted molar refractivity (Wildman–Crippen MR) is 170 cm³/mol. The van der Waals surface area contributed by atoms with Gasteiger partial charge in [0.2, 0.25) is 0 Å². The van der Waals surface area contributed by atoms with Gasteiger partial charge in [0.15, 0.2) is 11.7 Å². The molecule has 2 aromatic heterocycles. The fourth-order valence-electron chi connectivity index (χ4n) is 4.96. The zero-order valence-corrected chi connectivity index (χ0v) is 23.8. The van der Waals surface area contributed by atoms with Crippen LogP contribution < -0.4 is 15.5 Å². The van der Waals surface area contributed by atoms with Crippen molar-refractivity contribution in [2.24, 2.45) is 4.99 Å². The molecular weight excluding hydrogens is 548 g/mol. The van der Waals surface area contributed by atoms with Crippen LogP contribution in [0.2, 0.25) is 0 Å². The highest BCUT2D eigenvalue weighted by molar-refractivity contribution is 7.14. The second-order valence-electron chi connectivity index (χ2n) is 10.2. The van der Waals surface area contributed by atoms with E-state index in [4.69, 9.17) is 0 Å². The quantitative estimate of drug-likeness (QED) is 0.134. The minimum absolute atomic E-state index is 0.0182. The number of aromatic hydroxyl groups is 1. The Kier molecular flexibility index (Phi) is 7.72. The largest absolute Gasteiger partial charge is 0.494 e. The molecule has 0 unspecified atom stereocenters. The van der Waals surface area contributed by atoms with Crippen LogP contribution in [-0.4, -0.2) is 66.2 Å². The standard InChI is InChI=1S/C32H30N6O3S/c1-37-13-15-38(16-14-37)25-10-8-23(9-11-25)33-20-27-26-12-7-22(19-28(26)35-31(27)40)30(39)21-4-2-5-24(18-21)34-32(41)36-29-6-3-17-42-29/h2-12,17-20,35,40H,13-16H2,1H3,(H2,34,36,41). The van der Waals surface area contributed by atoms with Gasteiger partial charge in [0.1, 0.15) is 0 Å². The number of likely N-dealkylation sites (N-methyl/N-ethyl adjacent to an activating group) is 1. The van der Waals surface area contributed by atoms with Crippen molar-refractivity contribution < 1.29 is 14.7 Å². The third kappa shape index (κ3) is 6.04. The molecule has 1 aliphatic heterocycles. The number of aromatic nitrogens is 1. The van der Waals surface area contributed by atoms with Crippen LogP contribution >= 0.6 is 11.3 Å². The average Bonchev–Trinajstić information content (AvgIpc) is 3.62. The van der Waals surface area contributed by atoms with Gasteiger partial charge in [-0.1, -0.05) is 24.3 Å². The molecule has 5 aromatic rings. The number of hydrogen-bond donors (Lipinski definition) is 4. The fraction of sp³-hybridized carbons (Fsp3) is 0.156. The van der Waals surface area contributed by atoms with Crippen LogP contribution in [0.3, 0.4) is 0 Å². The van der Waals surface area contributed by atoms with Crippen LogP contribution in [0, 0.1) is 0 Å². The van der Waals surface area contributed by atoms with E-state index in [1.807, 2.05) is 29.6 Å².